The minimum Gasteiger partial charge on any atom is -0.478 e. The van der Waals surface area contributed by atoms with Crippen LogP contribution in [0.4, 0.5) is 5.69 Å². The fourth-order valence-corrected chi connectivity index (χ4v) is 5.48. The normalized spacial score (nSPS) is 17.4. The molecule has 194 valence electrons. The summed E-state index contributed by atoms with van der Waals surface area (Å²) in [5, 5.41) is 12.1. The molecule has 4 aliphatic rings. The Morgan fingerprint density at radius 3 is 2.37 bits per heavy atom. The zero-order valence-corrected chi connectivity index (χ0v) is 22.4. The van der Waals surface area contributed by atoms with E-state index in [0.29, 0.717) is 24.4 Å². The van der Waals surface area contributed by atoms with Crippen molar-refractivity contribution >= 4 is 28.4 Å². The molecule has 0 bridgehead atoms. The summed E-state index contributed by atoms with van der Waals surface area (Å²) in [5.74, 6) is 0.0485. The molecule has 1 N–H and O–H groups in total. The number of carbonyl (C=O) groups excluding carboxylic acids is 1. The van der Waals surface area contributed by atoms with E-state index in [1.165, 1.54) is 6.42 Å². The van der Waals surface area contributed by atoms with E-state index < -0.39 is 5.97 Å². The Morgan fingerprint density at radius 1 is 0.974 bits per heavy atom. The summed E-state index contributed by atoms with van der Waals surface area (Å²) in [4.78, 5) is 26.5. The molecule has 2 fully saturated rings. The monoisotopic (exact) mass is 509 g/mol. The Bertz CT molecular complexity index is 1640. The van der Waals surface area contributed by atoms with Gasteiger partial charge in [0, 0.05) is 47.4 Å². The zero-order chi connectivity index (χ0) is 26.8. The first-order valence-corrected chi connectivity index (χ1v) is 13.3. The number of carbonyl (C=O) groups is 2. The van der Waals surface area contributed by atoms with E-state index >= 15 is 0 Å². The van der Waals surface area contributed by atoms with Gasteiger partial charge in [0.05, 0.1) is 11.6 Å². The number of hydrogen-bond donors (Lipinski definition) is 1. The second-order valence-corrected chi connectivity index (χ2v) is 11.7. The minimum absolute atomic E-state index is 0.0761. The van der Waals surface area contributed by atoms with Crippen LogP contribution in [0.5, 0.6) is 0 Å². The number of rotatable bonds is 4. The summed E-state index contributed by atoms with van der Waals surface area (Å²) in [6.07, 6.45) is 1.18. The molecule has 2 saturated heterocycles. The van der Waals surface area contributed by atoms with Gasteiger partial charge in [-0.25, -0.2) is 9.37 Å². The van der Waals surface area contributed by atoms with Gasteiger partial charge in [0.25, 0.3) is 0 Å². The molecule has 0 amide bonds. The maximum atomic E-state index is 12.4. The van der Waals surface area contributed by atoms with Crippen molar-refractivity contribution in [3.8, 4) is 22.5 Å². The Kier molecular flexibility index (Phi) is 5.67. The molecule has 2 aromatic rings. The quantitative estimate of drug-likeness (QED) is 0.295. The van der Waals surface area contributed by atoms with Gasteiger partial charge >= 0.3 is 5.97 Å². The maximum absolute atomic E-state index is 12.4. The van der Waals surface area contributed by atoms with Crippen LogP contribution in [0.25, 0.3) is 33.4 Å². The number of hydrogen-bond acceptors (Lipinski definition) is 4. The highest BCUT2D eigenvalue weighted by atomic mass is 16.4. The summed E-state index contributed by atoms with van der Waals surface area (Å²) in [7, 11) is 0. The highest BCUT2D eigenvalue weighted by molar-refractivity contribution is 6.08. The van der Waals surface area contributed by atoms with Crippen LogP contribution in [0.2, 0.25) is 0 Å². The fourth-order valence-electron chi connectivity index (χ4n) is 5.48. The van der Waals surface area contributed by atoms with Gasteiger partial charge in [-0.15, -0.1) is 0 Å². The summed E-state index contributed by atoms with van der Waals surface area (Å²) in [6, 6.07) is 18.0. The third-order valence-electron chi connectivity index (χ3n) is 8.12. The summed E-state index contributed by atoms with van der Waals surface area (Å²) < 4.78 is 8.72. The van der Waals surface area contributed by atoms with Crippen molar-refractivity contribution in [2.45, 2.75) is 39.5 Å². The van der Waals surface area contributed by atoms with Crippen LogP contribution in [0, 0.1) is 5.92 Å². The fraction of sp³-hybridized carbons (Fsp3) is 0.344. The molecule has 0 aromatic heterocycles. The molecular weight excluding hydrogens is 476 g/mol. The summed E-state index contributed by atoms with van der Waals surface area (Å²) in [6.45, 7) is 11.5. The first kappa shape index (κ1) is 24.4. The lowest BCUT2D eigenvalue weighted by molar-refractivity contribution is -0.122. The highest BCUT2D eigenvalue weighted by Gasteiger charge is 2.35. The number of carboxylic acids is 1. The van der Waals surface area contributed by atoms with Crippen LogP contribution < -0.4 is 14.8 Å². The SMILES string of the molecule is CC(=O)C1C[N+](=c2ccc3c(-c4cc(C(C)(C)C)ccc4C(=O)O)c4ccc(N5CCC5)cc4oc-3c2)C1. The van der Waals surface area contributed by atoms with Gasteiger partial charge in [0.1, 0.15) is 23.0 Å². The van der Waals surface area contributed by atoms with Crippen LogP contribution in [0.15, 0.2) is 59.0 Å². The molecule has 2 aromatic carbocycles. The third-order valence-corrected chi connectivity index (χ3v) is 8.12. The average Bonchev–Trinajstić information content (AvgIpc) is 2.79. The Hall–Kier alpha value is -3.93. The Labute approximate surface area is 222 Å². The lowest BCUT2D eigenvalue weighted by atomic mass is 9.82. The predicted octanol–water partition coefficient (Wildman–Crippen LogP) is 5.40. The van der Waals surface area contributed by atoms with Gasteiger partial charge in [-0.05, 0) is 60.2 Å². The molecule has 38 heavy (non-hydrogen) atoms. The van der Waals surface area contributed by atoms with Crippen molar-refractivity contribution in [3.63, 3.8) is 0 Å². The first-order chi connectivity index (χ1) is 18.1. The predicted molar refractivity (Wildman–Crippen MR) is 150 cm³/mol. The topological polar surface area (TPSA) is 73.8 Å². The number of Topliss-reactive ketones (excluding diaryl/α,β-unsaturated/α-hetero) is 1. The van der Waals surface area contributed by atoms with Crippen molar-refractivity contribution in [1.29, 1.82) is 0 Å². The lowest BCUT2D eigenvalue weighted by Crippen LogP contribution is -2.51. The smallest absolute Gasteiger partial charge is 0.336 e. The number of carboxylic acid groups (broad SMARTS) is 1. The lowest BCUT2D eigenvalue weighted by Gasteiger charge is -2.33. The van der Waals surface area contributed by atoms with E-state index in [1.54, 1.807) is 13.0 Å². The molecule has 6 nitrogen and oxygen atoms in total. The summed E-state index contributed by atoms with van der Waals surface area (Å²) in [5.41, 5.74) is 5.49. The largest absolute Gasteiger partial charge is 0.478 e. The van der Waals surface area contributed by atoms with Crippen LogP contribution in [-0.2, 0) is 10.2 Å². The van der Waals surface area contributed by atoms with Crippen molar-refractivity contribution in [3.05, 3.63) is 71.1 Å². The molecule has 6 rings (SSSR count). The number of nitrogens with zero attached hydrogens (tertiary/aromatic N) is 2. The molecule has 3 heterocycles. The van der Waals surface area contributed by atoms with Gasteiger partial charge in [-0.2, -0.15) is 0 Å². The standard InChI is InChI=1S/C32H32N2O4/c1-19(35)20-17-34(18-20)23-8-11-26-29(16-23)38-28-15-22(33-12-5-13-33)7-10-25(28)30(26)27-14-21(32(2,3)4)6-9-24(27)31(36)37/h6-11,14-16,20H,5,12-13,17-18H2,1-4H3/p+1. The van der Waals surface area contributed by atoms with Crippen LogP contribution in [-0.4, -0.2) is 43.0 Å². The zero-order valence-electron chi connectivity index (χ0n) is 22.4. The van der Waals surface area contributed by atoms with E-state index in [-0.39, 0.29) is 22.7 Å². The molecule has 0 spiro atoms. The van der Waals surface area contributed by atoms with Gasteiger partial charge in [0.2, 0.25) is 5.36 Å². The average molecular weight is 510 g/mol. The van der Waals surface area contributed by atoms with Crippen LogP contribution in [0.1, 0.15) is 50.0 Å². The van der Waals surface area contributed by atoms with Crippen LogP contribution >= 0.6 is 0 Å². The van der Waals surface area contributed by atoms with Gasteiger partial charge < -0.3 is 14.4 Å². The number of anilines is 1. The Morgan fingerprint density at radius 2 is 1.74 bits per heavy atom. The molecule has 6 heteroatoms. The molecule has 1 aliphatic carbocycles. The molecule has 0 radical (unpaired) electrons. The Balaban J connectivity index is 1.64. The van der Waals surface area contributed by atoms with Crippen molar-refractivity contribution in [2.75, 3.05) is 31.1 Å². The number of ketones is 1. The van der Waals surface area contributed by atoms with Gasteiger partial charge in [-0.3, -0.25) is 4.79 Å². The second-order valence-electron chi connectivity index (χ2n) is 11.7. The minimum atomic E-state index is -0.952. The summed E-state index contributed by atoms with van der Waals surface area (Å²) >= 11 is 0. The third kappa shape index (κ3) is 4.08. The molecule has 0 saturated carbocycles. The van der Waals surface area contributed by atoms with E-state index in [2.05, 4.69) is 48.4 Å². The van der Waals surface area contributed by atoms with Crippen LogP contribution in [0.3, 0.4) is 0 Å². The van der Waals surface area contributed by atoms with Crippen molar-refractivity contribution in [2.24, 2.45) is 5.92 Å². The number of benzene rings is 3. The van der Waals surface area contributed by atoms with Crippen molar-refractivity contribution < 1.29 is 19.1 Å². The highest BCUT2D eigenvalue weighted by Crippen LogP contribution is 2.43. The number of aromatic carboxylic acids is 1. The first-order valence-electron chi connectivity index (χ1n) is 13.3. The van der Waals surface area contributed by atoms with E-state index in [1.807, 2.05) is 30.3 Å². The number of fused-ring (bicyclic) bond motifs is 2. The van der Waals surface area contributed by atoms with Crippen molar-refractivity contribution in [1.82, 2.24) is 4.58 Å². The molecule has 3 aliphatic heterocycles. The molecule has 0 atom stereocenters. The van der Waals surface area contributed by atoms with E-state index in [0.717, 1.165) is 51.8 Å². The van der Waals surface area contributed by atoms with Gasteiger partial charge in [0.15, 0.2) is 13.1 Å². The molecule has 0 unspecified atom stereocenters. The second kappa shape index (κ2) is 8.83. The molecular formula is C32H33N2O4+. The maximum Gasteiger partial charge on any atom is 0.336 e. The van der Waals surface area contributed by atoms with E-state index in [9.17, 15) is 14.7 Å². The van der Waals surface area contributed by atoms with E-state index in [4.69, 9.17) is 4.42 Å². The van der Waals surface area contributed by atoms with Gasteiger partial charge in [-0.1, -0.05) is 26.8 Å².